The number of thiophene rings is 1. The summed E-state index contributed by atoms with van der Waals surface area (Å²) in [5, 5.41) is 14.0. The summed E-state index contributed by atoms with van der Waals surface area (Å²) in [6.45, 7) is 0.544. The van der Waals surface area contributed by atoms with Crippen LogP contribution in [-0.4, -0.2) is 23.0 Å². The summed E-state index contributed by atoms with van der Waals surface area (Å²) >= 11 is 1.61. The molecule has 3 aromatic rings. The van der Waals surface area contributed by atoms with Gasteiger partial charge in [-0.2, -0.15) is 0 Å². The molecule has 1 N–H and O–H groups in total. The number of hydrogen-bond donors (Lipinski definition) is 1. The van der Waals surface area contributed by atoms with Crippen LogP contribution in [0.1, 0.15) is 15.2 Å². The number of fused-ring (bicyclic) bond motifs is 1. The van der Waals surface area contributed by atoms with Crippen molar-refractivity contribution in [2.75, 3.05) is 7.05 Å². The lowest BCUT2D eigenvalue weighted by Crippen LogP contribution is -2.25. The Morgan fingerprint density at radius 2 is 1.86 bits per heavy atom. The van der Waals surface area contributed by atoms with Gasteiger partial charge in [0.2, 0.25) is 0 Å². The highest BCUT2D eigenvalue weighted by Crippen LogP contribution is 2.26. The molecule has 4 heteroatoms. The minimum Gasteiger partial charge on any atom is -0.507 e. The van der Waals surface area contributed by atoms with Gasteiger partial charge in [0.25, 0.3) is 5.91 Å². The van der Waals surface area contributed by atoms with Crippen molar-refractivity contribution in [2.45, 2.75) is 6.54 Å². The molecule has 1 heterocycles. The highest BCUT2D eigenvalue weighted by atomic mass is 32.1. The average Bonchev–Trinajstić information content (AvgIpc) is 2.98. The molecule has 0 radical (unpaired) electrons. The smallest absolute Gasteiger partial charge is 0.257 e. The van der Waals surface area contributed by atoms with Crippen LogP contribution in [0.2, 0.25) is 0 Å². The minimum absolute atomic E-state index is 0.0247. The summed E-state index contributed by atoms with van der Waals surface area (Å²) in [6, 6.07) is 15.0. The number of rotatable bonds is 3. The van der Waals surface area contributed by atoms with E-state index in [1.807, 2.05) is 41.8 Å². The summed E-state index contributed by atoms with van der Waals surface area (Å²) in [6.07, 6.45) is 0. The van der Waals surface area contributed by atoms with Crippen LogP contribution in [-0.2, 0) is 6.54 Å². The zero-order valence-electron chi connectivity index (χ0n) is 11.6. The Labute approximate surface area is 127 Å². The van der Waals surface area contributed by atoms with Crippen molar-refractivity contribution in [1.29, 1.82) is 0 Å². The number of phenolic OH excluding ortho intramolecular Hbond substituents is 1. The lowest BCUT2D eigenvalue weighted by molar-refractivity contribution is 0.0783. The summed E-state index contributed by atoms with van der Waals surface area (Å²) in [4.78, 5) is 15.2. The van der Waals surface area contributed by atoms with Crippen molar-refractivity contribution < 1.29 is 9.90 Å². The molecule has 0 saturated carbocycles. The number of benzene rings is 2. The molecule has 0 aliphatic carbocycles. The van der Waals surface area contributed by atoms with Crippen LogP contribution in [0.25, 0.3) is 10.8 Å². The van der Waals surface area contributed by atoms with Gasteiger partial charge in [-0.25, -0.2) is 0 Å². The molecule has 1 aromatic heterocycles. The zero-order chi connectivity index (χ0) is 14.8. The van der Waals surface area contributed by atoms with E-state index in [2.05, 4.69) is 0 Å². The van der Waals surface area contributed by atoms with Crippen molar-refractivity contribution in [1.82, 2.24) is 4.90 Å². The Kier molecular flexibility index (Phi) is 3.62. The van der Waals surface area contributed by atoms with Crippen molar-refractivity contribution in [2.24, 2.45) is 0 Å². The molecule has 0 spiro atoms. The van der Waals surface area contributed by atoms with Gasteiger partial charge in [-0.1, -0.05) is 30.3 Å². The molecule has 0 aliphatic heterocycles. The molecule has 3 rings (SSSR count). The van der Waals surface area contributed by atoms with Gasteiger partial charge in [-0.3, -0.25) is 4.79 Å². The van der Waals surface area contributed by atoms with Gasteiger partial charge in [0.1, 0.15) is 5.75 Å². The van der Waals surface area contributed by atoms with E-state index in [9.17, 15) is 9.90 Å². The molecule has 0 atom stereocenters. The third kappa shape index (κ3) is 2.76. The molecule has 0 saturated heterocycles. The maximum absolute atomic E-state index is 12.5. The van der Waals surface area contributed by atoms with E-state index in [1.54, 1.807) is 35.4 Å². The minimum atomic E-state index is -0.174. The average molecular weight is 297 g/mol. The van der Waals surface area contributed by atoms with E-state index in [0.717, 1.165) is 15.6 Å². The van der Waals surface area contributed by atoms with Crippen molar-refractivity contribution in [3.05, 3.63) is 64.4 Å². The van der Waals surface area contributed by atoms with Crippen LogP contribution in [0.5, 0.6) is 5.75 Å². The number of carbonyl (C=O) groups excluding carboxylic acids is 1. The molecular weight excluding hydrogens is 282 g/mol. The lowest BCUT2D eigenvalue weighted by Gasteiger charge is -2.17. The molecule has 0 unspecified atom stereocenters. The molecule has 21 heavy (non-hydrogen) atoms. The number of aromatic hydroxyl groups is 1. The lowest BCUT2D eigenvalue weighted by atomic mass is 10.1. The molecule has 2 aromatic carbocycles. The van der Waals surface area contributed by atoms with Gasteiger partial charge in [0, 0.05) is 11.9 Å². The maximum atomic E-state index is 12.5. The van der Waals surface area contributed by atoms with Gasteiger partial charge in [0.05, 0.1) is 12.1 Å². The predicted octanol–water partition coefficient (Wildman–Crippen LogP) is 3.88. The van der Waals surface area contributed by atoms with Gasteiger partial charge < -0.3 is 10.0 Å². The van der Waals surface area contributed by atoms with Crippen LogP contribution in [0.4, 0.5) is 0 Å². The van der Waals surface area contributed by atoms with E-state index < -0.39 is 0 Å². The van der Waals surface area contributed by atoms with Crippen LogP contribution >= 0.6 is 11.3 Å². The summed E-state index contributed by atoms with van der Waals surface area (Å²) in [5.74, 6) is -0.150. The topological polar surface area (TPSA) is 40.5 Å². The molecule has 3 nitrogen and oxygen atoms in total. The third-order valence-electron chi connectivity index (χ3n) is 3.41. The summed E-state index contributed by atoms with van der Waals surface area (Å²) in [7, 11) is 1.75. The van der Waals surface area contributed by atoms with Gasteiger partial charge in [0.15, 0.2) is 0 Å². The van der Waals surface area contributed by atoms with Crippen LogP contribution in [0.3, 0.4) is 0 Å². The highest BCUT2D eigenvalue weighted by Gasteiger charge is 2.17. The molecule has 0 bridgehead atoms. The first-order chi connectivity index (χ1) is 10.1. The van der Waals surface area contributed by atoms with Crippen LogP contribution < -0.4 is 0 Å². The largest absolute Gasteiger partial charge is 0.507 e. The Morgan fingerprint density at radius 3 is 2.52 bits per heavy atom. The fourth-order valence-corrected chi connectivity index (χ4v) is 3.07. The Bertz CT molecular complexity index is 781. The maximum Gasteiger partial charge on any atom is 0.257 e. The van der Waals surface area contributed by atoms with E-state index in [-0.39, 0.29) is 11.7 Å². The van der Waals surface area contributed by atoms with Gasteiger partial charge in [-0.05, 0) is 34.4 Å². The molecule has 1 amide bonds. The van der Waals surface area contributed by atoms with E-state index >= 15 is 0 Å². The molecule has 106 valence electrons. The van der Waals surface area contributed by atoms with Crippen molar-refractivity contribution in [3.63, 3.8) is 0 Å². The Hall–Kier alpha value is -2.33. The SMILES string of the molecule is CN(Cc1cccs1)C(=O)c1cc2ccccc2cc1O. The van der Waals surface area contributed by atoms with Gasteiger partial charge >= 0.3 is 0 Å². The first-order valence-electron chi connectivity index (χ1n) is 6.65. The Balaban J connectivity index is 1.91. The quantitative estimate of drug-likeness (QED) is 0.797. The second-order valence-corrected chi connectivity index (χ2v) is 5.99. The second-order valence-electron chi connectivity index (χ2n) is 4.96. The normalized spacial score (nSPS) is 10.7. The molecule has 0 aliphatic rings. The number of carbonyl (C=O) groups is 1. The number of nitrogens with zero attached hydrogens (tertiary/aromatic N) is 1. The zero-order valence-corrected chi connectivity index (χ0v) is 12.4. The highest BCUT2D eigenvalue weighted by molar-refractivity contribution is 7.09. The van der Waals surface area contributed by atoms with E-state index in [4.69, 9.17) is 0 Å². The number of phenols is 1. The number of hydrogen-bond acceptors (Lipinski definition) is 3. The third-order valence-corrected chi connectivity index (χ3v) is 4.28. The Morgan fingerprint density at radius 1 is 1.14 bits per heavy atom. The second kappa shape index (κ2) is 5.58. The number of amides is 1. The fraction of sp³-hybridized carbons (Fsp3) is 0.118. The van der Waals surface area contributed by atoms with E-state index in [1.165, 1.54) is 0 Å². The summed E-state index contributed by atoms with van der Waals surface area (Å²) < 4.78 is 0. The van der Waals surface area contributed by atoms with Crippen LogP contribution in [0, 0.1) is 0 Å². The molecule has 0 fully saturated rings. The standard InChI is InChI=1S/C17H15NO2S/c1-18(11-14-7-4-8-21-14)17(20)15-9-12-5-2-3-6-13(12)10-16(15)19/h2-10,19H,11H2,1H3. The molecular formula is C17H15NO2S. The monoisotopic (exact) mass is 297 g/mol. The fourth-order valence-electron chi connectivity index (χ4n) is 2.31. The van der Waals surface area contributed by atoms with Crippen molar-refractivity contribution in [3.8, 4) is 5.75 Å². The van der Waals surface area contributed by atoms with Gasteiger partial charge in [-0.15, -0.1) is 11.3 Å². The predicted molar refractivity (Wildman–Crippen MR) is 85.7 cm³/mol. The van der Waals surface area contributed by atoms with Crippen molar-refractivity contribution >= 4 is 28.0 Å². The first kappa shape index (κ1) is 13.6. The first-order valence-corrected chi connectivity index (χ1v) is 7.53. The van der Waals surface area contributed by atoms with Crippen LogP contribution in [0.15, 0.2) is 53.9 Å². The summed E-state index contributed by atoms with van der Waals surface area (Å²) in [5.41, 5.74) is 0.341. The van der Waals surface area contributed by atoms with E-state index in [0.29, 0.717) is 12.1 Å².